The van der Waals surface area contributed by atoms with Crippen molar-refractivity contribution >= 4 is 22.7 Å². The molecule has 0 radical (unpaired) electrons. The molecule has 96 valence electrons. The zero-order valence-corrected chi connectivity index (χ0v) is 12.0. The number of pyridine rings is 1. The van der Waals surface area contributed by atoms with Crippen LogP contribution in [0, 0.1) is 0 Å². The summed E-state index contributed by atoms with van der Waals surface area (Å²) in [6.45, 7) is 4.46. The zero-order chi connectivity index (χ0) is 13.0. The van der Waals surface area contributed by atoms with Crippen molar-refractivity contribution in [3.05, 3.63) is 42.1 Å². The van der Waals surface area contributed by atoms with Gasteiger partial charge in [0.05, 0.1) is 5.52 Å². The SMILES string of the molecule is CNC(CSC(C)C)c1cnc2ccccc2c1. The fraction of sp³-hybridized carbons (Fsp3) is 0.400. The van der Waals surface area contributed by atoms with Crippen molar-refractivity contribution in [3.63, 3.8) is 0 Å². The predicted molar refractivity (Wildman–Crippen MR) is 81.1 cm³/mol. The lowest BCUT2D eigenvalue weighted by atomic mass is 10.1. The number of para-hydroxylation sites is 1. The molecule has 0 aliphatic heterocycles. The van der Waals surface area contributed by atoms with Gasteiger partial charge >= 0.3 is 0 Å². The normalized spacial score (nSPS) is 13.1. The van der Waals surface area contributed by atoms with E-state index < -0.39 is 0 Å². The monoisotopic (exact) mass is 260 g/mol. The lowest BCUT2D eigenvalue weighted by molar-refractivity contribution is 0.659. The van der Waals surface area contributed by atoms with E-state index in [2.05, 4.69) is 48.4 Å². The van der Waals surface area contributed by atoms with E-state index in [0.717, 1.165) is 11.3 Å². The van der Waals surface area contributed by atoms with Crippen LogP contribution in [0.5, 0.6) is 0 Å². The van der Waals surface area contributed by atoms with Gasteiger partial charge in [0.25, 0.3) is 0 Å². The van der Waals surface area contributed by atoms with Gasteiger partial charge < -0.3 is 5.32 Å². The highest BCUT2D eigenvalue weighted by atomic mass is 32.2. The van der Waals surface area contributed by atoms with Gasteiger partial charge in [-0.1, -0.05) is 32.0 Å². The maximum absolute atomic E-state index is 4.53. The van der Waals surface area contributed by atoms with Crippen molar-refractivity contribution in [2.45, 2.75) is 25.1 Å². The molecular formula is C15H20N2S. The van der Waals surface area contributed by atoms with Gasteiger partial charge in [-0.25, -0.2) is 0 Å². The summed E-state index contributed by atoms with van der Waals surface area (Å²) >= 11 is 1.97. The summed E-state index contributed by atoms with van der Waals surface area (Å²) in [7, 11) is 2.01. The second-order valence-electron chi connectivity index (χ2n) is 4.68. The molecule has 0 spiro atoms. The molecule has 1 aromatic heterocycles. The van der Waals surface area contributed by atoms with Crippen LogP contribution in [0.15, 0.2) is 36.5 Å². The molecule has 0 aliphatic carbocycles. The second-order valence-corrected chi connectivity index (χ2v) is 6.29. The van der Waals surface area contributed by atoms with Crippen LogP contribution in [0.2, 0.25) is 0 Å². The maximum Gasteiger partial charge on any atom is 0.0702 e. The highest BCUT2D eigenvalue weighted by Crippen LogP contribution is 2.23. The first kappa shape index (κ1) is 13.4. The quantitative estimate of drug-likeness (QED) is 0.888. The Morgan fingerprint density at radius 3 is 2.78 bits per heavy atom. The Labute approximate surface area is 113 Å². The number of thioether (sulfide) groups is 1. The number of hydrogen-bond acceptors (Lipinski definition) is 3. The number of nitrogens with zero attached hydrogens (tertiary/aromatic N) is 1. The molecule has 0 saturated carbocycles. The van der Waals surface area contributed by atoms with Crippen LogP contribution in [0.25, 0.3) is 10.9 Å². The average molecular weight is 260 g/mol. The summed E-state index contributed by atoms with van der Waals surface area (Å²) in [5.41, 5.74) is 2.33. The fourth-order valence-corrected chi connectivity index (χ4v) is 2.85. The first-order valence-corrected chi connectivity index (χ1v) is 7.39. The van der Waals surface area contributed by atoms with Crippen LogP contribution >= 0.6 is 11.8 Å². The smallest absolute Gasteiger partial charge is 0.0702 e. The molecular weight excluding hydrogens is 240 g/mol. The fourth-order valence-electron chi connectivity index (χ4n) is 1.91. The van der Waals surface area contributed by atoms with E-state index in [9.17, 15) is 0 Å². The molecule has 18 heavy (non-hydrogen) atoms. The van der Waals surface area contributed by atoms with E-state index in [-0.39, 0.29) is 0 Å². The van der Waals surface area contributed by atoms with Gasteiger partial charge in [-0.2, -0.15) is 11.8 Å². The minimum Gasteiger partial charge on any atom is -0.312 e. The molecule has 1 N–H and O–H groups in total. The Bertz CT molecular complexity index is 511. The Balaban J connectivity index is 2.22. The van der Waals surface area contributed by atoms with Crippen LogP contribution in [-0.2, 0) is 0 Å². The molecule has 0 amide bonds. The molecule has 0 saturated heterocycles. The third kappa shape index (κ3) is 3.24. The lowest BCUT2D eigenvalue weighted by Crippen LogP contribution is -2.19. The highest BCUT2D eigenvalue weighted by Gasteiger charge is 2.11. The van der Waals surface area contributed by atoms with E-state index in [1.165, 1.54) is 10.9 Å². The van der Waals surface area contributed by atoms with Gasteiger partial charge in [-0.3, -0.25) is 4.98 Å². The van der Waals surface area contributed by atoms with Crippen LogP contribution in [0.3, 0.4) is 0 Å². The Morgan fingerprint density at radius 1 is 1.28 bits per heavy atom. The second kappa shape index (κ2) is 6.21. The van der Waals surface area contributed by atoms with E-state index in [0.29, 0.717) is 11.3 Å². The van der Waals surface area contributed by atoms with Gasteiger partial charge in [0.1, 0.15) is 0 Å². The minimum atomic E-state index is 0.370. The van der Waals surface area contributed by atoms with Crippen LogP contribution in [0.1, 0.15) is 25.5 Å². The molecule has 2 rings (SSSR count). The van der Waals surface area contributed by atoms with Crippen LogP contribution in [-0.4, -0.2) is 23.0 Å². The molecule has 0 bridgehead atoms. The van der Waals surface area contributed by atoms with Crippen molar-refractivity contribution in [2.24, 2.45) is 0 Å². The predicted octanol–water partition coefficient (Wildman–Crippen LogP) is 3.64. The van der Waals surface area contributed by atoms with Crippen molar-refractivity contribution < 1.29 is 0 Å². The minimum absolute atomic E-state index is 0.370. The molecule has 2 aromatic rings. The lowest BCUT2D eigenvalue weighted by Gasteiger charge is -2.17. The molecule has 1 unspecified atom stereocenters. The summed E-state index contributed by atoms with van der Waals surface area (Å²) in [6.07, 6.45) is 1.99. The molecule has 3 heteroatoms. The number of hydrogen-bond donors (Lipinski definition) is 1. The van der Waals surface area contributed by atoms with Crippen molar-refractivity contribution in [2.75, 3.05) is 12.8 Å². The molecule has 2 nitrogen and oxygen atoms in total. The van der Waals surface area contributed by atoms with Gasteiger partial charge in [-0.05, 0) is 30.0 Å². The topological polar surface area (TPSA) is 24.9 Å². The third-order valence-electron chi connectivity index (χ3n) is 2.96. The average Bonchev–Trinajstić information content (AvgIpc) is 2.39. The van der Waals surface area contributed by atoms with E-state index >= 15 is 0 Å². The number of fused-ring (bicyclic) bond motifs is 1. The Morgan fingerprint density at radius 2 is 2.06 bits per heavy atom. The molecule has 0 aliphatic rings. The van der Waals surface area contributed by atoms with E-state index in [1.54, 1.807) is 0 Å². The number of nitrogens with one attached hydrogen (secondary N) is 1. The molecule has 0 fully saturated rings. The summed E-state index contributed by atoms with van der Waals surface area (Å²) in [5, 5.41) is 5.25. The van der Waals surface area contributed by atoms with Crippen molar-refractivity contribution in [3.8, 4) is 0 Å². The third-order valence-corrected chi connectivity index (χ3v) is 4.15. The zero-order valence-electron chi connectivity index (χ0n) is 11.2. The van der Waals surface area contributed by atoms with Gasteiger partial charge in [-0.15, -0.1) is 0 Å². The number of aromatic nitrogens is 1. The first-order chi connectivity index (χ1) is 8.70. The van der Waals surface area contributed by atoms with E-state index in [1.807, 2.05) is 31.1 Å². The maximum atomic E-state index is 4.53. The Kier molecular flexibility index (Phi) is 4.61. The van der Waals surface area contributed by atoms with Crippen molar-refractivity contribution in [1.29, 1.82) is 0 Å². The molecule has 1 heterocycles. The van der Waals surface area contributed by atoms with Gasteiger partial charge in [0, 0.05) is 23.4 Å². The van der Waals surface area contributed by atoms with Crippen LogP contribution < -0.4 is 5.32 Å². The number of rotatable bonds is 5. The van der Waals surface area contributed by atoms with E-state index in [4.69, 9.17) is 0 Å². The number of benzene rings is 1. The molecule has 1 atom stereocenters. The highest BCUT2D eigenvalue weighted by molar-refractivity contribution is 7.99. The summed E-state index contributed by atoms with van der Waals surface area (Å²) in [6, 6.07) is 10.9. The largest absolute Gasteiger partial charge is 0.312 e. The Hall–Kier alpha value is -1.06. The standard InChI is InChI=1S/C15H20N2S/c1-11(2)18-10-15(16-3)13-8-12-6-4-5-7-14(12)17-9-13/h4-9,11,15-16H,10H2,1-3H3. The summed E-state index contributed by atoms with van der Waals surface area (Å²) in [4.78, 5) is 4.53. The molecule has 1 aromatic carbocycles. The van der Waals surface area contributed by atoms with Gasteiger partial charge in [0.2, 0.25) is 0 Å². The summed E-state index contributed by atoms with van der Waals surface area (Å²) in [5.74, 6) is 1.08. The van der Waals surface area contributed by atoms with Gasteiger partial charge in [0.15, 0.2) is 0 Å². The summed E-state index contributed by atoms with van der Waals surface area (Å²) < 4.78 is 0. The first-order valence-electron chi connectivity index (χ1n) is 6.34. The van der Waals surface area contributed by atoms with Crippen LogP contribution in [0.4, 0.5) is 0 Å². The van der Waals surface area contributed by atoms with Crippen molar-refractivity contribution in [1.82, 2.24) is 10.3 Å².